The van der Waals surface area contributed by atoms with E-state index in [0.29, 0.717) is 43.2 Å². The average Bonchev–Trinajstić information content (AvgIpc) is 2.87. The normalized spacial score (nSPS) is 18.1. The molecule has 1 atom stereocenters. The first-order valence-corrected chi connectivity index (χ1v) is 11.6. The lowest BCUT2D eigenvalue weighted by Gasteiger charge is -2.40. The number of nitrogens with one attached hydrogen (secondary N) is 1. The minimum atomic E-state index is -0.680. The fourth-order valence-corrected chi connectivity index (χ4v) is 4.65. The summed E-state index contributed by atoms with van der Waals surface area (Å²) in [6.07, 6.45) is -0.680. The number of piperazine rings is 1. The molecule has 5 rings (SSSR count). The first kappa shape index (κ1) is 23.0. The Hall–Kier alpha value is -3.78. The van der Waals surface area contributed by atoms with E-state index < -0.39 is 6.10 Å². The van der Waals surface area contributed by atoms with E-state index in [1.54, 1.807) is 54.3 Å². The third kappa shape index (κ3) is 4.61. The Kier molecular flexibility index (Phi) is 6.21. The molecular weight excluding hydrogens is 452 g/mol. The number of anilines is 1. The Morgan fingerprint density at radius 3 is 2.06 bits per heavy atom. The van der Waals surface area contributed by atoms with Gasteiger partial charge in [0.25, 0.3) is 11.8 Å². The molecule has 0 radical (unpaired) electrons. The molecule has 2 amide bonds. The smallest absolute Gasteiger partial charge is 0.265 e. The van der Waals surface area contributed by atoms with Crippen LogP contribution in [-0.4, -0.2) is 53.9 Å². The first-order chi connectivity index (χ1) is 16.9. The third-order valence-electron chi connectivity index (χ3n) is 6.51. The van der Waals surface area contributed by atoms with Crippen LogP contribution in [0.3, 0.4) is 0 Å². The van der Waals surface area contributed by atoms with Gasteiger partial charge in [0.05, 0.1) is 17.3 Å². The van der Waals surface area contributed by atoms with Gasteiger partial charge < -0.3 is 15.0 Å². The molecule has 1 saturated heterocycles. The Morgan fingerprint density at radius 1 is 0.914 bits per heavy atom. The van der Waals surface area contributed by atoms with Gasteiger partial charge >= 0.3 is 0 Å². The summed E-state index contributed by atoms with van der Waals surface area (Å²) in [5, 5.41) is 2.78. The highest BCUT2D eigenvalue weighted by atomic mass is 19.1. The standard InChI is InChI=1S/C27H25F2N3O3/c1-17-26(33)30-23-4-2-3-22(25(23)35-17)27(34)32-15-13-31(14-16-32)24(18-5-9-20(28)10-6-18)19-7-11-21(29)12-8-19/h2-12,17,24H,13-16H2,1H3,(H,30,33). The van der Waals surface area contributed by atoms with Gasteiger partial charge in [0.15, 0.2) is 11.9 Å². The lowest BCUT2D eigenvalue weighted by Crippen LogP contribution is -2.50. The van der Waals surface area contributed by atoms with Crippen molar-refractivity contribution >= 4 is 17.5 Å². The molecule has 1 N–H and O–H groups in total. The third-order valence-corrected chi connectivity index (χ3v) is 6.51. The van der Waals surface area contributed by atoms with Crippen LogP contribution in [-0.2, 0) is 4.79 Å². The maximum atomic E-state index is 13.6. The van der Waals surface area contributed by atoms with Crippen molar-refractivity contribution in [2.24, 2.45) is 0 Å². The number of halogens is 2. The Balaban J connectivity index is 1.35. The van der Waals surface area contributed by atoms with Gasteiger partial charge in [0, 0.05) is 26.2 Å². The van der Waals surface area contributed by atoms with Crippen molar-refractivity contribution in [1.82, 2.24) is 9.80 Å². The lowest BCUT2D eigenvalue weighted by atomic mass is 9.96. The van der Waals surface area contributed by atoms with E-state index >= 15 is 0 Å². The summed E-state index contributed by atoms with van der Waals surface area (Å²) in [5.74, 6) is -0.655. The quantitative estimate of drug-likeness (QED) is 0.611. The van der Waals surface area contributed by atoms with E-state index in [9.17, 15) is 18.4 Å². The summed E-state index contributed by atoms with van der Waals surface area (Å²) in [7, 11) is 0. The Morgan fingerprint density at radius 2 is 1.49 bits per heavy atom. The largest absolute Gasteiger partial charge is 0.478 e. The maximum absolute atomic E-state index is 13.6. The molecule has 0 saturated carbocycles. The van der Waals surface area contributed by atoms with Crippen LogP contribution in [0.2, 0.25) is 0 Å². The monoisotopic (exact) mass is 477 g/mol. The van der Waals surface area contributed by atoms with Gasteiger partial charge in [-0.05, 0) is 54.4 Å². The predicted octanol–water partition coefficient (Wildman–Crippen LogP) is 4.23. The number of fused-ring (bicyclic) bond motifs is 1. The molecule has 8 heteroatoms. The first-order valence-electron chi connectivity index (χ1n) is 11.6. The highest BCUT2D eigenvalue weighted by Gasteiger charge is 2.32. The van der Waals surface area contributed by atoms with Crippen LogP contribution in [0.15, 0.2) is 66.7 Å². The molecule has 3 aromatic rings. The number of hydrogen-bond acceptors (Lipinski definition) is 4. The van der Waals surface area contributed by atoms with Crippen LogP contribution in [0, 0.1) is 11.6 Å². The van der Waals surface area contributed by atoms with Crippen molar-refractivity contribution in [2.45, 2.75) is 19.1 Å². The van der Waals surface area contributed by atoms with Crippen molar-refractivity contribution in [1.29, 1.82) is 0 Å². The van der Waals surface area contributed by atoms with Crippen molar-refractivity contribution in [3.63, 3.8) is 0 Å². The highest BCUT2D eigenvalue weighted by molar-refractivity contribution is 6.04. The summed E-state index contributed by atoms with van der Waals surface area (Å²) < 4.78 is 32.9. The molecule has 1 unspecified atom stereocenters. The number of nitrogens with zero attached hydrogens (tertiary/aromatic N) is 2. The zero-order valence-corrected chi connectivity index (χ0v) is 19.2. The molecule has 3 aromatic carbocycles. The minimum absolute atomic E-state index is 0.162. The van der Waals surface area contributed by atoms with Crippen molar-refractivity contribution in [2.75, 3.05) is 31.5 Å². The van der Waals surface area contributed by atoms with Crippen LogP contribution in [0.5, 0.6) is 5.75 Å². The Labute approximate surface area is 202 Å². The lowest BCUT2D eigenvalue weighted by molar-refractivity contribution is -0.122. The van der Waals surface area contributed by atoms with Gasteiger partial charge in [-0.1, -0.05) is 30.3 Å². The number of benzene rings is 3. The van der Waals surface area contributed by atoms with Gasteiger partial charge in [-0.15, -0.1) is 0 Å². The van der Waals surface area contributed by atoms with Crippen LogP contribution in [0.25, 0.3) is 0 Å². The number of hydrogen-bond donors (Lipinski definition) is 1. The van der Waals surface area contributed by atoms with E-state index in [1.807, 2.05) is 0 Å². The second kappa shape index (κ2) is 9.46. The van der Waals surface area contributed by atoms with Gasteiger partial charge in [-0.2, -0.15) is 0 Å². The summed E-state index contributed by atoms with van der Waals surface area (Å²) in [6.45, 7) is 3.75. The molecule has 2 aliphatic heterocycles. The maximum Gasteiger partial charge on any atom is 0.265 e. The van der Waals surface area contributed by atoms with Crippen molar-refractivity contribution in [3.8, 4) is 5.75 Å². The molecule has 0 bridgehead atoms. The van der Waals surface area contributed by atoms with Gasteiger partial charge in [-0.3, -0.25) is 14.5 Å². The van der Waals surface area contributed by atoms with Crippen LogP contribution >= 0.6 is 0 Å². The number of para-hydroxylation sites is 1. The zero-order chi connectivity index (χ0) is 24.5. The second-order valence-electron chi connectivity index (χ2n) is 8.77. The summed E-state index contributed by atoms with van der Waals surface area (Å²) >= 11 is 0. The molecule has 0 aliphatic carbocycles. The fraction of sp³-hybridized carbons (Fsp3) is 0.259. The van der Waals surface area contributed by atoms with E-state index in [4.69, 9.17) is 4.74 Å². The second-order valence-corrected chi connectivity index (χ2v) is 8.77. The van der Waals surface area contributed by atoms with Crippen LogP contribution in [0.4, 0.5) is 14.5 Å². The fourth-order valence-electron chi connectivity index (χ4n) is 4.65. The number of carbonyl (C=O) groups is 2. The Bertz CT molecular complexity index is 1190. The molecule has 1 fully saturated rings. The predicted molar refractivity (Wildman–Crippen MR) is 127 cm³/mol. The van der Waals surface area contributed by atoms with Gasteiger partial charge in [0.1, 0.15) is 11.6 Å². The minimum Gasteiger partial charge on any atom is -0.478 e. The van der Waals surface area contributed by atoms with E-state index in [0.717, 1.165) is 11.1 Å². The number of carbonyl (C=O) groups excluding carboxylic acids is 2. The van der Waals surface area contributed by atoms with E-state index in [2.05, 4.69) is 10.2 Å². The molecule has 2 aliphatic rings. The van der Waals surface area contributed by atoms with E-state index in [1.165, 1.54) is 24.3 Å². The van der Waals surface area contributed by atoms with Gasteiger partial charge in [0.2, 0.25) is 0 Å². The topological polar surface area (TPSA) is 61.9 Å². The van der Waals surface area contributed by atoms with E-state index in [-0.39, 0.29) is 29.5 Å². The zero-order valence-electron chi connectivity index (χ0n) is 19.2. The summed E-state index contributed by atoms with van der Waals surface area (Å²) in [5.41, 5.74) is 2.70. The molecule has 0 aromatic heterocycles. The molecule has 2 heterocycles. The summed E-state index contributed by atoms with van der Waals surface area (Å²) in [6, 6.07) is 17.6. The molecule has 6 nitrogen and oxygen atoms in total. The SMILES string of the molecule is CC1Oc2c(cccc2C(=O)N2CCN(C(c3ccc(F)cc3)c3ccc(F)cc3)CC2)NC1=O. The van der Waals surface area contributed by atoms with Crippen molar-refractivity contribution < 1.29 is 23.1 Å². The summed E-state index contributed by atoms with van der Waals surface area (Å²) in [4.78, 5) is 29.3. The number of rotatable bonds is 4. The van der Waals surface area contributed by atoms with Gasteiger partial charge in [-0.25, -0.2) is 8.78 Å². The number of ether oxygens (including phenoxy) is 1. The van der Waals surface area contributed by atoms with Crippen LogP contribution in [0.1, 0.15) is 34.5 Å². The van der Waals surface area contributed by atoms with Crippen molar-refractivity contribution in [3.05, 3.63) is 95.1 Å². The average molecular weight is 478 g/mol. The number of amides is 2. The molecule has 0 spiro atoms. The highest BCUT2D eigenvalue weighted by Crippen LogP contribution is 2.35. The molecule has 180 valence electrons. The molecular formula is C27H25F2N3O3. The molecule has 35 heavy (non-hydrogen) atoms. The van der Waals surface area contributed by atoms with Crippen LogP contribution < -0.4 is 10.1 Å².